The van der Waals surface area contributed by atoms with Gasteiger partial charge in [-0.3, -0.25) is 4.79 Å². The van der Waals surface area contributed by atoms with Gasteiger partial charge in [0.05, 0.1) is 18.1 Å². The van der Waals surface area contributed by atoms with Crippen LogP contribution in [0.4, 0.5) is 5.69 Å². The number of hydrogen-bond acceptors (Lipinski definition) is 3. The Labute approximate surface area is 114 Å². The van der Waals surface area contributed by atoms with E-state index in [-0.39, 0.29) is 5.91 Å². The second-order valence-corrected chi connectivity index (χ2v) is 4.71. The Bertz CT molecular complexity index is 488. The van der Waals surface area contributed by atoms with Gasteiger partial charge in [0.1, 0.15) is 0 Å². The van der Waals surface area contributed by atoms with Gasteiger partial charge in [-0.25, -0.2) is 0 Å². The first-order valence-corrected chi connectivity index (χ1v) is 6.78. The first-order chi connectivity index (χ1) is 9.27. The third kappa shape index (κ3) is 3.25. The standard InChI is InChI=1S/C15H19N3O/c1-2-17-14-7-4-3-6-13(14)15(19)18(11-5-10-16)12-8-9-12/h3-4,6-7,12,17H,2,5,8-9,11H2,1H3. The summed E-state index contributed by atoms with van der Waals surface area (Å²) in [4.78, 5) is 14.5. The van der Waals surface area contributed by atoms with Gasteiger partial charge in [0.25, 0.3) is 5.91 Å². The summed E-state index contributed by atoms with van der Waals surface area (Å²) in [6.45, 7) is 3.32. The van der Waals surface area contributed by atoms with E-state index in [9.17, 15) is 4.79 Å². The van der Waals surface area contributed by atoms with Gasteiger partial charge in [-0.15, -0.1) is 0 Å². The third-order valence-corrected chi connectivity index (χ3v) is 3.24. The lowest BCUT2D eigenvalue weighted by atomic mass is 10.1. The van der Waals surface area contributed by atoms with Crippen LogP contribution >= 0.6 is 0 Å². The summed E-state index contributed by atoms with van der Waals surface area (Å²) in [6, 6.07) is 10.0. The lowest BCUT2D eigenvalue weighted by Crippen LogP contribution is -2.34. The molecule has 0 aromatic heterocycles. The SMILES string of the molecule is CCNc1ccccc1C(=O)N(CCC#N)C1CC1. The number of benzene rings is 1. The van der Waals surface area contributed by atoms with E-state index in [4.69, 9.17) is 5.26 Å². The number of anilines is 1. The van der Waals surface area contributed by atoms with E-state index >= 15 is 0 Å². The zero-order chi connectivity index (χ0) is 13.7. The van der Waals surface area contributed by atoms with Crippen molar-refractivity contribution < 1.29 is 4.79 Å². The van der Waals surface area contributed by atoms with E-state index in [1.807, 2.05) is 36.1 Å². The molecule has 0 unspecified atom stereocenters. The molecule has 0 radical (unpaired) electrons. The molecule has 0 bridgehead atoms. The molecule has 0 aliphatic heterocycles. The Balaban J connectivity index is 2.19. The summed E-state index contributed by atoms with van der Waals surface area (Å²) in [7, 11) is 0. The van der Waals surface area contributed by atoms with Crippen LogP contribution in [0.15, 0.2) is 24.3 Å². The number of nitriles is 1. The predicted molar refractivity (Wildman–Crippen MR) is 74.9 cm³/mol. The van der Waals surface area contributed by atoms with E-state index in [2.05, 4.69) is 11.4 Å². The number of rotatable bonds is 6. The molecule has 1 aromatic rings. The highest BCUT2D eigenvalue weighted by Gasteiger charge is 2.33. The van der Waals surface area contributed by atoms with Crippen LogP contribution in [0.5, 0.6) is 0 Å². The largest absolute Gasteiger partial charge is 0.385 e. The van der Waals surface area contributed by atoms with Gasteiger partial charge in [0, 0.05) is 24.8 Å². The van der Waals surface area contributed by atoms with E-state index in [0.29, 0.717) is 24.6 Å². The smallest absolute Gasteiger partial charge is 0.256 e. The monoisotopic (exact) mass is 257 g/mol. The highest BCUT2D eigenvalue weighted by Crippen LogP contribution is 2.29. The molecule has 4 heteroatoms. The van der Waals surface area contributed by atoms with Crippen molar-refractivity contribution in [2.45, 2.75) is 32.2 Å². The zero-order valence-electron chi connectivity index (χ0n) is 11.2. The Morgan fingerprint density at radius 1 is 1.47 bits per heavy atom. The van der Waals surface area contributed by atoms with E-state index < -0.39 is 0 Å². The van der Waals surface area contributed by atoms with Gasteiger partial charge in [-0.2, -0.15) is 5.26 Å². The molecule has 4 nitrogen and oxygen atoms in total. The van der Waals surface area contributed by atoms with Crippen molar-refractivity contribution in [1.29, 1.82) is 5.26 Å². The fourth-order valence-corrected chi connectivity index (χ4v) is 2.18. The molecule has 1 amide bonds. The van der Waals surface area contributed by atoms with Crippen molar-refractivity contribution in [2.24, 2.45) is 0 Å². The van der Waals surface area contributed by atoms with Crippen molar-refractivity contribution >= 4 is 11.6 Å². The van der Waals surface area contributed by atoms with Crippen LogP contribution in [0.25, 0.3) is 0 Å². The van der Waals surface area contributed by atoms with Crippen LogP contribution in [0, 0.1) is 11.3 Å². The molecule has 1 fully saturated rings. The lowest BCUT2D eigenvalue weighted by Gasteiger charge is -2.22. The van der Waals surface area contributed by atoms with Crippen molar-refractivity contribution in [2.75, 3.05) is 18.4 Å². The minimum absolute atomic E-state index is 0.0364. The minimum Gasteiger partial charge on any atom is -0.385 e. The molecule has 100 valence electrons. The van der Waals surface area contributed by atoms with Gasteiger partial charge in [-0.1, -0.05) is 12.1 Å². The topological polar surface area (TPSA) is 56.1 Å². The number of para-hydroxylation sites is 1. The van der Waals surface area contributed by atoms with Crippen molar-refractivity contribution in [3.63, 3.8) is 0 Å². The van der Waals surface area contributed by atoms with E-state index in [1.165, 1.54) is 0 Å². The fraction of sp³-hybridized carbons (Fsp3) is 0.467. The number of hydrogen-bond donors (Lipinski definition) is 1. The Kier molecular flexibility index (Phi) is 4.40. The molecule has 2 rings (SSSR count). The van der Waals surface area contributed by atoms with Crippen molar-refractivity contribution in [1.82, 2.24) is 4.90 Å². The molecule has 0 spiro atoms. The maximum absolute atomic E-state index is 12.6. The van der Waals surface area contributed by atoms with Crippen LogP contribution in [0.2, 0.25) is 0 Å². The second-order valence-electron chi connectivity index (χ2n) is 4.71. The van der Waals surface area contributed by atoms with Crippen LogP contribution in [-0.4, -0.2) is 29.9 Å². The maximum atomic E-state index is 12.6. The van der Waals surface area contributed by atoms with Crippen LogP contribution in [-0.2, 0) is 0 Å². The Morgan fingerprint density at radius 2 is 2.21 bits per heavy atom. The molecule has 0 saturated heterocycles. The Morgan fingerprint density at radius 3 is 2.84 bits per heavy atom. The molecule has 1 saturated carbocycles. The van der Waals surface area contributed by atoms with Crippen LogP contribution in [0.1, 0.15) is 36.5 Å². The van der Waals surface area contributed by atoms with Gasteiger partial charge >= 0.3 is 0 Å². The normalized spacial score (nSPS) is 13.7. The molecule has 1 aliphatic rings. The molecular formula is C15H19N3O. The summed E-state index contributed by atoms with van der Waals surface area (Å²) in [5.41, 5.74) is 1.58. The minimum atomic E-state index is 0.0364. The number of carbonyl (C=O) groups excluding carboxylic acids is 1. The quantitative estimate of drug-likeness (QED) is 0.852. The zero-order valence-corrected chi connectivity index (χ0v) is 11.2. The number of nitrogens with zero attached hydrogens (tertiary/aromatic N) is 2. The summed E-state index contributed by atoms with van der Waals surface area (Å²) in [5, 5.41) is 11.9. The molecule has 0 heterocycles. The highest BCUT2D eigenvalue weighted by molar-refractivity contribution is 6.00. The molecule has 1 N–H and O–H groups in total. The summed E-state index contributed by atoms with van der Waals surface area (Å²) in [5.74, 6) is 0.0364. The van der Waals surface area contributed by atoms with E-state index in [1.54, 1.807) is 0 Å². The average Bonchev–Trinajstić information content (AvgIpc) is 3.24. The third-order valence-electron chi connectivity index (χ3n) is 3.24. The number of amides is 1. The summed E-state index contributed by atoms with van der Waals surface area (Å²) < 4.78 is 0. The van der Waals surface area contributed by atoms with Gasteiger partial charge in [-0.05, 0) is 31.9 Å². The fourth-order valence-electron chi connectivity index (χ4n) is 2.18. The van der Waals surface area contributed by atoms with Crippen LogP contribution in [0.3, 0.4) is 0 Å². The number of nitrogens with one attached hydrogen (secondary N) is 1. The Hall–Kier alpha value is -2.02. The number of carbonyl (C=O) groups is 1. The van der Waals surface area contributed by atoms with Crippen molar-refractivity contribution in [3.8, 4) is 6.07 Å². The summed E-state index contributed by atoms with van der Waals surface area (Å²) in [6.07, 6.45) is 2.51. The first kappa shape index (κ1) is 13.4. The summed E-state index contributed by atoms with van der Waals surface area (Å²) >= 11 is 0. The van der Waals surface area contributed by atoms with Crippen LogP contribution < -0.4 is 5.32 Å². The molecule has 19 heavy (non-hydrogen) atoms. The lowest BCUT2D eigenvalue weighted by molar-refractivity contribution is 0.0748. The second kappa shape index (κ2) is 6.24. The van der Waals surface area contributed by atoms with Gasteiger partial charge in [0.15, 0.2) is 0 Å². The van der Waals surface area contributed by atoms with Gasteiger partial charge < -0.3 is 10.2 Å². The predicted octanol–water partition coefficient (Wildman–Crippen LogP) is 2.64. The van der Waals surface area contributed by atoms with E-state index in [0.717, 1.165) is 25.1 Å². The average molecular weight is 257 g/mol. The van der Waals surface area contributed by atoms with Gasteiger partial charge in [0.2, 0.25) is 0 Å². The highest BCUT2D eigenvalue weighted by atomic mass is 16.2. The molecule has 1 aliphatic carbocycles. The van der Waals surface area contributed by atoms with Crippen molar-refractivity contribution in [3.05, 3.63) is 29.8 Å². The molecule has 1 aromatic carbocycles. The maximum Gasteiger partial charge on any atom is 0.256 e. The first-order valence-electron chi connectivity index (χ1n) is 6.78. The molecule has 0 atom stereocenters. The molecular weight excluding hydrogens is 238 g/mol.